The summed E-state index contributed by atoms with van der Waals surface area (Å²) >= 11 is 0. The molecule has 0 amide bonds. The van der Waals surface area contributed by atoms with E-state index < -0.39 is 10.0 Å². The molecular formula is C11H17N5O2S. The van der Waals surface area contributed by atoms with Crippen molar-refractivity contribution in [3.8, 4) is 0 Å². The number of hydrogen-bond acceptors (Lipinski definition) is 4. The Morgan fingerprint density at radius 3 is 2.79 bits per heavy atom. The van der Waals surface area contributed by atoms with Gasteiger partial charge in [-0.15, -0.1) is 0 Å². The van der Waals surface area contributed by atoms with E-state index in [4.69, 9.17) is 0 Å². The van der Waals surface area contributed by atoms with Crippen molar-refractivity contribution in [3.05, 3.63) is 23.5 Å². The molecule has 19 heavy (non-hydrogen) atoms. The molecule has 7 nitrogen and oxygen atoms in total. The minimum absolute atomic E-state index is 0.137. The van der Waals surface area contributed by atoms with Crippen molar-refractivity contribution in [3.63, 3.8) is 0 Å². The lowest BCUT2D eigenvalue weighted by atomic mass is 10.2. The second-order valence-corrected chi connectivity index (χ2v) is 5.75. The van der Waals surface area contributed by atoms with Crippen molar-refractivity contribution in [2.75, 3.05) is 4.72 Å². The highest BCUT2D eigenvalue weighted by atomic mass is 32.2. The Labute approximate surface area is 112 Å². The maximum Gasteiger partial charge on any atom is 0.280 e. The van der Waals surface area contributed by atoms with E-state index in [1.54, 1.807) is 0 Å². The molecule has 8 heteroatoms. The van der Waals surface area contributed by atoms with Gasteiger partial charge < -0.3 is 0 Å². The summed E-state index contributed by atoms with van der Waals surface area (Å²) in [5, 5.41) is 10.9. The Bertz CT molecular complexity index is 671. The van der Waals surface area contributed by atoms with Crippen molar-refractivity contribution in [1.82, 2.24) is 20.0 Å². The third-order valence-electron chi connectivity index (χ3n) is 2.91. The maximum absolute atomic E-state index is 12.3. The number of nitrogens with zero attached hydrogens (tertiary/aromatic N) is 3. The summed E-state index contributed by atoms with van der Waals surface area (Å²) in [5.74, 6) is 0.351. The fourth-order valence-electron chi connectivity index (χ4n) is 1.94. The zero-order chi connectivity index (χ0) is 14.0. The van der Waals surface area contributed by atoms with Crippen LogP contribution in [0.15, 0.2) is 17.3 Å². The molecule has 2 N–H and O–H groups in total. The zero-order valence-electron chi connectivity index (χ0n) is 11.1. The highest BCUT2D eigenvalue weighted by Gasteiger charge is 2.21. The molecule has 0 aliphatic heterocycles. The topological polar surface area (TPSA) is 92.7 Å². The van der Waals surface area contributed by atoms with Gasteiger partial charge in [-0.3, -0.25) is 14.5 Å². The van der Waals surface area contributed by atoms with Crippen LogP contribution in [0.2, 0.25) is 0 Å². The molecule has 2 heterocycles. The van der Waals surface area contributed by atoms with E-state index in [2.05, 4.69) is 20.0 Å². The van der Waals surface area contributed by atoms with Gasteiger partial charge in [-0.1, -0.05) is 6.92 Å². The lowest BCUT2D eigenvalue weighted by Crippen LogP contribution is -2.18. The lowest BCUT2D eigenvalue weighted by Gasteiger charge is -2.08. The van der Waals surface area contributed by atoms with Crippen LogP contribution < -0.4 is 4.72 Å². The molecule has 2 aromatic heterocycles. The predicted molar refractivity (Wildman–Crippen MR) is 71.4 cm³/mol. The minimum atomic E-state index is -3.66. The Kier molecular flexibility index (Phi) is 3.61. The molecule has 0 saturated carbocycles. The number of anilines is 1. The van der Waals surface area contributed by atoms with Crippen LogP contribution in [-0.4, -0.2) is 28.4 Å². The van der Waals surface area contributed by atoms with E-state index in [1.807, 2.05) is 20.8 Å². The predicted octanol–water partition coefficient (Wildman–Crippen LogP) is 1.30. The smallest absolute Gasteiger partial charge is 0.280 e. The van der Waals surface area contributed by atoms with Gasteiger partial charge in [-0.2, -0.15) is 18.6 Å². The number of sulfonamides is 1. The molecule has 0 atom stereocenters. The second-order valence-electron chi connectivity index (χ2n) is 4.12. The molecule has 0 aliphatic rings. The Balaban J connectivity index is 2.37. The van der Waals surface area contributed by atoms with Gasteiger partial charge >= 0.3 is 0 Å². The minimum Gasteiger partial charge on any atom is -0.280 e. The molecule has 2 aromatic rings. The second kappa shape index (κ2) is 5.04. The van der Waals surface area contributed by atoms with E-state index in [1.165, 1.54) is 16.9 Å². The first-order valence-corrected chi connectivity index (χ1v) is 7.56. The summed E-state index contributed by atoms with van der Waals surface area (Å²) in [7, 11) is -3.66. The zero-order valence-corrected chi connectivity index (χ0v) is 12.0. The number of nitrogens with one attached hydrogen (secondary N) is 2. The van der Waals surface area contributed by atoms with Crippen molar-refractivity contribution in [1.29, 1.82) is 0 Å². The molecular weight excluding hydrogens is 266 g/mol. The van der Waals surface area contributed by atoms with Crippen molar-refractivity contribution in [2.45, 2.75) is 38.8 Å². The number of aromatic nitrogens is 4. The van der Waals surface area contributed by atoms with Gasteiger partial charge in [0.15, 0.2) is 10.8 Å². The lowest BCUT2D eigenvalue weighted by molar-refractivity contribution is 0.558. The number of H-pyrrole nitrogens is 1. The summed E-state index contributed by atoms with van der Waals surface area (Å²) in [4.78, 5) is 0. The van der Waals surface area contributed by atoms with Gasteiger partial charge in [0.2, 0.25) is 0 Å². The fourth-order valence-corrected chi connectivity index (χ4v) is 3.16. The summed E-state index contributed by atoms with van der Waals surface area (Å²) in [6.45, 7) is 6.14. The van der Waals surface area contributed by atoms with Crippen molar-refractivity contribution < 1.29 is 8.42 Å². The van der Waals surface area contributed by atoms with Crippen LogP contribution in [0.25, 0.3) is 0 Å². The molecule has 0 aliphatic carbocycles. The van der Waals surface area contributed by atoms with E-state index in [0.29, 0.717) is 18.8 Å². The van der Waals surface area contributed by atoms with E-state index in [9.17, 15) is 8.42 Å². The number of aromatic amines is 1. The van der Waals surface area contributed by atoms with Gasteiger partial charge in [0.05, 0.1) is 6.20 Å². The van der Waals surface area contributed by atoms with E-state index in [0.717, 1.165) is 11.3 Å². The van der Waals surface area contributed by atoms with Gasteiger partial charge in [-0.25, -0.2) is 0 Å². The Morgan fingerprint density at radius 1 is 1.42 bits per heavy atom. The Hall–Kier alpha value is -1.83. The van der Waals surface area contributed by atoms with Gasteiger partial charge in [0, 0.05) is 17.8 Å². The van der Waals surface area contributed by atoms with Crippen LogP contribution in [0.5, 0.6) is 0 Å². The average Bonchev–Trinajstić information content (AvgIpc) is 2.96. The SMILES string of the molecule is CCc1c(NS(=O)(=O)c2ccnn2CC)n[nH]c1C. The number of hydrogen-bond donors (Lipinski definition) is 2. The summed E-state index contributed by atoms with van der Waals surface area (Å²) in [6, 6.07) is 1.47. The molecule has 104 valence electrons. The fraction of sp³-hybridized carbons (Fsp3) is 0.455. The van der Waals surface area contributed by atoms with Crippen LogP contribution >= 0.6 is 0 Å². The first kappa shape index (κ1) is 13.6. The molecule has 0 aromatic carbocycles. The normalized spacial score (nSPS) is 11.7. The van der Waals surface area contributed by atoms with Gasteiger partial charge in [0.25, 0.3) is 10.0 Å². The molecule has 0 bridgehead atoms. The third-order valence-corrected chi connectivity index (χ3v) is 4.27. The molecule has 2 rings (SSSR count). The Morgan fingerprint density at radius 2 is 2.16 bits per heavy atom. The van der Waals surface area contributed by atoms with Crippen LogP contribution in [-0.2, 0) is 23.0 Å². The monoisotopic (exact) mass is 283 g/mol. The summed E-state index contributed by atoms with van der Waals surface area (Å²) < 4.78 is 28.5. The molecule has 0 unspecified atom stereocenters. The van der Waals surface area contributed by atoms with Crippen LogP contribution in [0.4, 0.5) is 5.82 Å². The van der Waals surface area contributed by atoms with Crippen LogP contribution in [0.1, 0.15) is 25.1 Å². The summed E-state index contributed by atoms with van der Waals surface area (Å²) in [6.07, 6.45) is 2.17. The highest BCUT2D eigenvalue weighted by Crippen LogP contribution is 2.20. The standard InChI is InChI=1S/C11H17N5O2S/c1-4-9-8(3)13-14-11(9)15-19(17,18)10-6-7-12-16(10)5-2/h6-7H,4-5H2,1-3H3,(H2,13,14,15). The van der Waals surface area contributed by atoms with Gasteiger partial charge in [0.1, 0.15) is 0 Å². The van der Waals surface area contributed by atoms with Crippen LogP contribution in [0, 0.1) is 6.92 Å². The van der Waals surface area contributed by atoms with E-state index >= 15 is 0 Å². The van der Waals surface area contributed by atoms with E-state index in [-0.39, 0.29) is 5.03 Å². The van der Waals surface area contributed by atoms with Crippen molar-refractivity contribution in [2.24, 2.45) is 0 Å². The third kappa shape index (κ3) is 2.48. The highest BCUT2D eigenvalue weighted by molar-refractivity contribution is 7.92. The largest absolute Gasteiger partial charge is 0.280 e. The van der Waals surface area contributed by atoms with Crippen molar-refractivity contribution >= 4 is 15.8 Å². The molecule has 0 fully saturated rings. The number of rotatable bonds is 5. The summed E-state index contributed by atoms with van der Waals surface area (Å²) in [5.41, 5.74) is 1.73. The van der Waals surface area contributed by atoms with Crippen LogP contribution in [0.3, 0.4) is 0 Å². The number of aryl methyl sites for hydroxylation is 2. The molecule has 0 saturated heterocycles. The molecule has 0 spiro atoms. The first-order chi connectivity index (χ1) is 8.99. The molecule has 0 radical (unpaired) electrons. The maximum atomic E-state index is 12.3. The average molecular weight is 283 g/mol. The van der Waals surface area contributed by atoms with Gasteiger partial charge in [-0.05, 0) is 26.3 Å². The first-order valence-electron chi connectivity index (χ1n) is 6.08. The quantitative estimate of drug-likeness (QED) is 0.865.